The van der Waals surface area contributed by atoms with Crippen molar-refractivity contribution in [2.24, 2.45) is 0 Å². The number of benzene rings is 1. The number of halogens is 3. The molecule has 2 aliphatic heterocycles. The Hall–Kier alpha value is -4.14. The number of piperidine rings is 1. The summed E-state index contributed by atoms with van der Waals surface area (Å²) in [6, 6.07) is 6.38. The van der Waals surface area contributed by atoms with Gasteiger partial charge in [0.2, 0.25) is 0 Å². The summed E-state index contributed by atoms with van der Waals surface area (Å²) in [4.78, 5) is 33.7. The number of fused-ring (bicyclic) bond motifs is 1. The minimum atomic E-state index is -3.06. The Morgan fingerprint density at radius 3 is 2.82 bits per heavy atom. The highest BCUT2D eigenvalue weighted by Crippen LogP contribution is 2.37. The Morgan fingerprint density at radius 2 is 2.07 bits per heavy atom. The van der Waals surface area contributed by atoms with Crippen LogP contribution in [0.5, 0.6) is 5.75 Å². The maximum Gasteiger partial charge on any atom is 0.387 e. The van der Waals surface area contributed by atoms with Gasteiger partial charge < -0.3 is 19.7 Å². The number of hydrogen-bond donors (Lipinski definition) is 1. The topological polar surface area (TPSA) is 119 Å². The third kappa shape index (κ3) is 7.24. The SMILES string of the molecule is CN(CC1CCC(=O)O1)C1CCN(CCn2cc(NC(=O)c3cnn4cccnc34)c(-c3cc(Cl)ccc3OC(F)F)n2)CC1. The average Bonchev–Trinajstić information content (AvgIpc) is 3.75. The number of nitrogens with one attached hydrogen (secondary N) is 1. The number of alkyl halides is 2. The van der Waals surface area contributed by atoms with Gasteiger partial charge in [-0.25, -0.2) is 9.50 Å². The Kier molecular flexibility index (Phi) is 9.24. The van der Waals surface area contributed by atoms with Crippen LogP contribution in [-0.4, -0.2) is 98.0 Å². The number of nitrogens with zero attached hydrogens (tertiary/aromatic N) is 7. The number of anilines is 1. The van der Waals surface area contributed by atoms with E-state index in [1.165, 1.54) is 28.9 Å². The minimum absolute atomic E-state index is 0.0283. The van der Waals surface area contributed by atoms with E-state index in [4.69, 9.17) is 21.1 Å². The van der Waals surface area contributed by atoms with E-state index in [-0.39, 0.29) is 34.6 Å². The Balaban J connectivity index is 1.17. The summed E-state index contributed by atoms with van der Waals surface area (Å²) in [6.45, 7) is 0.640. The summed E-state index contributed by atoms with van der Waals surface area (Å²) in [7, 11) is 2.08. The van der Waals surface area contributed by atoms with Gasteiger partial charge in [0.1, 0.15) is 23.1 Å². The van der Waals surface area contributed by atoms with Gasteiger partial charge in [0, 0.05) is 54.7 Å². The fraction of sp³-hybridized carbons (Fsp3) is 0.433. The largest absolute Gasteiger partial charge is 0.461 e. The number of hydrogen-bond acceptors (Lipinski definition) is 9. The molecule has 0 radical (unpaired) electrons. The molecule has 0 aliphatic carbocycles. The van der Waals surface area contributed by atoms with Crippen LogP contribution in [0.15, 0.2) is 49.1 Å². The zero-order valence-electron chi connectivity index (χ0n) is 24.6. The minimum Gasteiger partial charge on any atom is -0.461 e. The maximum absolute atomic E-state index is 13.4. The standard InChI is InChI=1S/C30H33ClF2N8O4/c1-38(17-21-4-6-26(42)44-21)20-7-11-39(12-8-20)13-14-40-18-24(36-29(43)23-16-35-41-10-2-9-34-28(23)41)27(37-40)22-15-19(31)3-5-25(22)45-30(32)33/h2-3,5,9-10,15-16,18,20-21,30H,4,6-8,11-14,17H2,1H3,(H,36,43). The van der Waals surface area contributed by atoms with Crippen LogP contribution in [-0.2, 0) is 16.1 Å². The predicted octanol–water partition coefficient (Wildman–Crippen LogP) is 4.20. The quantitative estimate of drug-likeness (QED) is 0.240. The molecule has 1 unspecified atom stereocenters. The van der Waals surface area contributed by atoms with E-state index in [2.05, 4.69) is 37.3 Å². The summed E-state index contributed by atoms with van der Waals surface area (Å²) in [5, 5.41) is 12.0. The first-order chi connectivity index (χ1) is 21.7. The van der Waals surface area contributed by atoms with Gasteiger partial charge in [0.05, 0.1) is 18.4 Å². The summed E-state index contributed by atoms with van der Waals surface area (Å²) < 4.78 is 39.9. The molecule has 238 valence electrons. The second-order valence-corrected chi connectivity index (χ2v) is 11.7. The summed E-state index contributed by atoms with van der Waals surface area (Å²) in [6.07, 6.45) is 9.52. The van der Waals surface area contributed by atoms with Gasteiger partial charge in [-0.2, -0.15) is 19.0 Å². The fourth-order valence-electron chi connectivity index (χ4n) is 5.90. The number of cyclic esters (lactones) is 1. The number of amides is 1. The molecule has 0 saturated carbocycles. The van der Waals surface area contributed by atoms with Crippen molar-refractivity contribution < 1.29 is 27.8 Å². The normalized spacial score (nSPS) is 17.8. The molecule has 12 nitrogen and oxygen atoms in total. The van der Waals surface area contributed by atoms with Crippen LogP contribution in [0.25, 0.3) is 16.9 Å². The molecule has 1 N–H and O–H groups in total. The van der Waals surface area contributed by atoms with Crippen LogP contribution in [0, 0.1) is 0 Å². The molecule has 1 amide bonds. The highest BCUT2D eigenvalue weighted by Gasteiger charge is 2.29. The molecular weight excluding hydrogens is 610 g/mol. The number of aromatic nitrogens is 5. The van der Waals surface area contributed by atoms with Crippen molar-refractivity contribution in [1.82, 2.24) is 34.2 Å². The molecule has 2 saturated heterocycles. The first-order valence-corrected chi connectivity index (χ1v) is 15.2. The summed E-state index contributed by atoms with van der Waals surface area (Å²) >= 11 is 6.25. The van der Waals surface area contributed by atoms with E-state index in [0.29, 0.717) is 41.9 Å². The van der Waals surface area contributed by atoms with E-state index in [9.17, 15) is 18.4 Å². The molecule has 0 spiro atoms. The van der Waals surface area contributed by atoms with Gasteiger partial charge >= 0.3 is 12.6 Å². The van der Waals surface area contributed by atoms with Gasteiger partial charge in [-0.15, -0.1) is 0 Å². The fourth-order valence-corrected chi connectivity index (χ4v) is 6.07. The van der Waals surface area contributed by atoms with Crippen LogP contribution in [0.1, 0.15) is 36.0 Å². The summed E-state index contributed by atoms with van der Waals surface area (Å²) in [5.41, 5.74) is 1.35. The molecule has 15 heteroatoms. The number of carbonyl (C=O) groups excluding carboxylic acids is 2. The third-order valence-electron chi connectivity index (χ3n) is 8.23. The van der Waals surface area contributed by atoms with Crippen molar-refractivity contribution in [3.63, 3.8) is 0 Å². The number of likely N-dealkylation sites (tertiary alicyclic amines) is 1. The number of ether oxygens (including phenoxy) is 2. The van der Waals surface area contributed by atoms with Crippen LogP contribution in [0.3, 0.4) is 0 Å². The molecule has 0 bridgehead atoms. The third-order valence-corrected chi connectivity index (χ3v) is 8.47. The smallest absolute Gasteiger partial charge is 0.387 e. The second kappa shape index (κ2) is 13.5. The van der Waals surface area contributed by atoms with Gasteiger partial charge in [0.25, 0.3) is 5.91 Å². The molecule has 5 heterocycles. The zero-order valence-corrected chi connectivity index (χ0v) is 25.4. The van der Waals surface area contributed by atoms with Gasteiger partial charge in [-0.05, 0) is 63.7 Å². The van der Waals surface area contributed by atoms with Crippen molar-refractivity contribution in [1.29, 1.82) is 0 Å². The molecule has 2 fully saturated rings. The van der Waals surface area contributed by atoms with Crippen molar-refractivity contribution in [2.45, 2.75) is 51.0 Å². The van der Waals surface area contributed by atoms with E-state index < -0.39 is 12.5 Å². The Labute approximate surface area is 262 Å². The molecule has 2 aliphatic rings. The monoisotopic (exact) mass is 642 g/mol. The van der Waals surface area contributed by atoms with E-state index in [1.807, 2.05) is 0 Å². The zero-order chi connectivity index (χ0) is 31.5. The Bertz CT molecular complexity index is 1670. The van der Waals surface area contributed by atoms with Gasteiger partial charge in [-0.3, -0.25) is 19.2 Å². The van der Waals surface area contributed by atoms with Crippen LogP contribution < -0.4 is 10.1 Å². The van der Waals surface area contributed by atoms with Crippen LogP contribution >= 0.6 is 11.6 Å². The van der Waals surface area contributed by atoms with Crippen LogP contribution in [0.4, 0.5) is 14.5 Å². The van der Waals surface area contributed by atoms with Gasteiger partial charge in [0.15, 0.2) is 5.65 Å². The second-order valence-electron chi connectivity index (χ2n) is 11.2. The molecule has 3 aromatic heterocycles. The highest BCUT2D eigenvalue weighted by atomic mass is 35.5. The molecule has 45 heavy (non-hydrogen) atoms. The number of esters is 1. The lowest BCUT2D eigenvalue weighted by Crippen LogP contribution is -2.46. The number of carbonyl (C=O) groups is 2. The van der Waals surface area contributed by atoms with E-state index in [1.54, 1.807) is 29.3 Å². The predicted molar refractivity (Wildman–Crippen MR) is 161 cm³/mol. The lowest BCUT2D eigenvalue weighted by molar-refractivity contribution is -0.142. The molecule has 6 rings (SSSR count). The first kappa shape index (κ1) is 30.9. The molecule has 1 aromatic carbocycles. The van der Waals surface area contributed by atoms with Crippen LogP contribution in [0.2, 0.25) is 5.02 Å². The molecular formula is C30H33ClF2N8O4. The molecule has 1 atom stereocenters. The highest BCUT2D eigenvalue weighted by molar-refractivity contribution is 6.31. The van der Waals surface area contributed by atoms with Gasteiger partial charge in [-0.1, -0.05) is 11.6 Å². The van der Waals surface area contributed by atoms with E-state index in [0.717, 1.165) is 38.9 Å². The summed E-state index contributed by atoms with van der Waals surface area (Å²) in [5.74, 6) is -0.721. The first-order valence-electron chi connectivity index (χ1n) is 14.8. The number of likely N-dealkylation sites (N-methyl/N-ethyl adjacent to an activating group) is 1. The van der Waals surface area contributed by atoms with E-state index >= 15 is 0 Å². The lowest BCUT2D eigenvalue weighted by atomic mass is 10.0. The van der Waals surface area contributed by atoms with Crippen molar-refractivity contribution in [3.8, 4) is 17.0 Å². The molecule has 4 aromatic rings. The lowest BCUT2D eigenvalue weighted by Gasteiger charge is -2.37. The van der Waals surface area contributed by atoms with Crippen molar-refractivity contribution >= 4 is 34.8 Å². The number of rotatable bonds is 11. The van der Waals surface area contributed by atoms with Crippen molar-refractivity contribution in [2.75, 3.05) is 38.5 Å². The Morgan fingerprint density at radius 1 is 1.24 bits per heavy atom. The maximum atomic E-state index is 13.4. The average molecular weight is 643 g/mol. The van der Waals surface area contributed by atoms with Crippen molar-refractivity contribution in [3.05, 3.63) is 59.6 Å².